The molecule has 0 aromatic heterocycles. The average Bonchev–Trinajstić information content (AvgIpc) is 2.25. The van der Waals surface area contributed by atoms with Crippen molar-refractivity contribution < 1.29 is 9.53 Å². The van der Waals surface area contributed by atoms with Gasteiger partial charge in [-0.15, -0.1) is 0 Å². The number of carbonyl (C=O) groups is 1. The first kappa shape index (κ1) is 10.5. The van der Waals surface area contributed by atoms with Crippen molar-refractivity contribution in [1.82, 2.24) is 5.32 Å². The maximum absolute atomic E-state index is 11.1. The van der Waals surface area contributed by atoms with Gasteiger partial charge in [-0.3, -0.25) is 4.79 Å². The molecule has 5 heteroatoms. The number of hydrogen-bond acceptors (Lipinski definition) is 4. The minimum Gasteiger partial charge on any atom is -0.469 e. The van der Waals surface area contributed by atoms with Gasteiger partial charge in [0.2, 0.25) is 0 Å². The number of carbonyl (C=O) groups excluding carboxylic acids is 1. The minimum absolute atomic E-state index is 0.253. The summed E-state index contributed by atoms with van der Waals surface area (Å²) in [6.07, 6.45) is 0.922. The first-order chi connectivity index (χ1) is 5.98. The summed E-state index contributed by atoms with van der Waals surface area (Å²) in [6.45, 7) is 1.92. The highest BCUT2D eigenvalue weighted by Crippen LogP contribution is 2.32. The number of methoxy groups -OCH3 is 1. The lowest BCUT2D eigenvalue weighted by Gasteiger charge is -2.19. The summed E-state index contributed by atoms with van der Waals surface area (Å²) >= 11 is 10.1. The molecule has 0 radical (unpaired) electrons. The largest absolute Gasteiger partial charge is 0.469 e. The van der Waals surface area contributed by atoms with Crippen molar-refractivity contribution in [3.63, 3.8) is 0 Å². The summed E-state index contributed by atoms with van der Waals surface area (Å²) in [5.41, 5.74) is -0.348. The van der Waals surface area contributed by atoms with Gasteiger partial charge in [0.25, 0.3) is 0 Å². The molecule has 0 unspecified atom stereocenters. The van der Waals surface area contributed by atoms with E-state index in [1.54, 1.807) is 0 Å². The molecule has 0 aromatic rings. The van der Waals surface area contributed by atoms with E-state index in [9.17, 15) is 4.79 Å². The quantitative estimate of drug-likeness (QED) is 0.556. The Labute approximate surface area is 87.8 Å². The molecule has 1 aliphatic rings. The van der Waals surface area contributed by atoms with Crippen LogP contribution in [0.1, 0.15) is 19.8 Å². The zero-order valence-corrected chi connectivity index (χ0v) is 9.18. The van der Waals surface area contributed by atoms with Crippen LogP contribution in [0.15, 0.2) is 0 Å². The Morgan fingerprint density at radius 2 is 2.31 bits per heavy atom. The maximum atomic E-state index is 11.1. The molecule has 72 valence electrons. The van der Waals surface area contributed by atoms with Gasteiger partial charge in [0.05, 0.1) is 23.5 Å². The molecule has 0 amide bonds. The first-order valence-electron chi connectivity index (χ1n) is 3.89. The van der Waals surface area contributed by atoms with Crippen molar-refractivity contribution in [3.05, 3.63) is 0 Å². The maximum Gasteiger partial charge on any atom is 0.306 e. The van der Waals surface area contributed by atoms with Gasteiger partial charge in [-0.2, -0.15) is 0 Å². The molecule has 1 saturated heterocycles. The van der Waals surface area contributed by atoms with Crippen molar-refractivity contribution in [2.45, 2.75) is 19.8 Å². The van der Waals surface area contributed by atoms with Gasteiger partial charge in [0.1, 0.15) is 0 Å². The summed E-state index contributed by atoms with van der Waals surface area (Å²) in [5.74, 6) is -0.253. The molecule has 0 spiro atoms. The van der Waals surface area contributed by atoms with Crippen LogP contribution in [-0.2, 0) is 9.53 Å². The Hall–Kier alpha value is -0.550. The van der Waals surface area contributed by atoms with Gasteiger partial charge in [0.15, 0.2) is 0 Å². The second kappa shape index (κ2) is 3.67. The fraction of sp³-hybridized carbons (Fsp3) is 0.625. The zero-order valence-electron chi connectivity index (χ0n) is 7.55. The molecule has 1 aliphatic heterocycles. The molecule has 0 aromatic carbocycles. The van der Waals surface area contributed by atoms with Crippen molar-refractivity contribution in [3.8, 4) is 0 Å². The molecule has 13 heavy (non-hydrogen) atoms. The molecule has 0 saturated carbocycles. The predicted octanol–water partition coefficient (Wildman–Crippen LogP) is 1.20. The second-order valence-corrected chi connectivity index (χ2v) is 4.27. The highest BCUT2D eigenvalue weighted by molar-refractivity contribution is 7.82. The number of thiocarbonyl (C=S) groups is 2. The normalized spacial score (nSPS) is 27.2. The van der Waals surface area contributed by atoms with Crippen LogP contribution < -0.4 is 5.32 Å². The molecular weight excluding hydrogens is 206 g/mol. The molecule has 0 bridgehead atoms. The molecule has 1 atom stereocenters. The van der Waals surface area contributed by atoms with Crippen LogP contribution in [0.5, 0.6) is 0 Å². The van der Waals surface area contributed by atoms with E-state index in [1.807, 2.05) is 6.92 Å². The van der Waals surface area contributed by atoms with Crippen LogP contribution in [0.4, 0.5) is 0 Å². The van der Waals surface area contributed by atoms with Crippen LogP contribution in [0, 0.1) is 5.41 Å². The van der Waals surface area contributed by atoms with E-state index in [0.29, 0.717) is 16.4 Å². The average molecular weight is 217 g/mol. The van der Waals surface area contributed by atoms with Crippen LogP contribution in [-0.4, -0.2) is 23.1 Å². The number of esters is 1. The fourth-order valence-corrected chi connectivity index (χ4v) is 2.04. The summed E-state index contributed by atoms with van der Waals surface area (Å²) in [6, 6.07) is 0. The fourth-order valence-electron chi connectivity index (χ4n) is 1.29. The predicted molar refractivity (Wildman–Crippen MR) is 57.7 cm³/mol. The van der Waals surface area contributed by atoms with Crippen molar-refractivity contribution >= 4 is 40.4 Å². The number of nitrogens with one attached hydrogen (secondary N) is 1. The summed E-state index contributed by atoms with van der Waals surface area (Å²) in [7, 11) is 1.37. The second-order valence-electron chi connectivity index (χ2n) is 3.37. The van der Waals surface area contributed by atoms with Gasteiger partial charge in [-0.05, 0) is 0 Å². The molecule has 1 heterocycles. The monoisotopic (exact) mass is 217 g/mol. The Bertz CT molecular complexity index is 277. The molecule has 1 N–H and O–H groups in total. The topological polar surface area (TPSA) is 38.3 Å². The lowest BCUT2D eigenvalue weighted by atomic mass is 9.86. The molecule has 1 rings (SSSR count). The Kier molecular flexibility index (Phi) is 2.98. The molecule has 3 nitrogen and oxygen atoms in total. The Morgan fingerprint density at radius 1 is 1.69 bits per heavy atom. The summed E-state index contributed by atoms with van der Waals surface area (Å²) in [4.78, 5) is 12.4. The van der Waals surface area contributed by atoms with Gasteiger partial charge in [-0.25, -0.2) is 0 Å². The SMILES string of the molecule is COC(=O)C[C@@]1(C)CC(=S)NC1=S. The van der Waals surface area contributed by atoms with E-state index in [-0.39, 0.29) is 17.8 Å². The van der Waals surface area contributed by atoms with Gasteiger partial charge in [0, 0.05) is 11.8 Å². The third-order valence-corrected chi connectivity index (χ3v) is 2.96. The zero-order chi connectivity index (χ0) is 10.1. The molecule has 1 fully saturated rings. The van der Waals surface area contributed by atoms with Crippen LogP contribution in [0.3, 0.4) is 0 Å². The van der Waals surface area contributed by atoms with E-state index in [0.717, 1.165) is 0 Å². The number of hydrogen-bond donors (Lipinski definition) is 1. The first-order valence-corrected chi connectivity index (χ1v) is 4.71. The highest BCUT2D eigenvalue weighted by Gasteiger charge is 2.39. The third-order valence-electron chi connectivity index (χ3n) is 2.11. The molecule has 0 aliphatic carbocycles. The van der Waals surface area contributed by atoms with E-state index < -0.39 is 0 Å². The lowest BCUT2D eigenvalue weighted by molar-refractivity contribution is -0.142. The van der Waals surface area contributed by atoms with E-state index in [2.05, 4.69) is 10.1 Å². The van der Waals surface area contributed by atoms with Crippen molar-refractivity contribution in [2.24, 2.45) is 5.41 Å². The standard InChI is InChI=1S/C8H11NO2S2/c1-8(4-6(10)11-2)3-5(12)9-7(8)13/h3-4H2,1-2H3,(H,9,12,13)/t8-/m1/s1. The third kappa shape index (κ3) is 2.22. The van der Waals surface area contributed by atoms with Crippen LogP contribution in [0.2, 0.25) is 0 Å². The van der Waals surface area contributed by atoms with Crippen LogP contribution in [0.25, 0.3) is 0 Å². The highest BCUT2D eigenvalue weighted by atomic mass is 32.1. The Morgan fingerprint density at radius 3 is 2.69 bits per heavy atom. The van der Waals surface area contributed by atoms with Crippen molar-refractivity contribution in [1.29, 1.82) is 0 Å². The summed E-state index contributed by atoms with van der Waals surface area (Å²) < 4.78 is 4.59. The number of ether oxygens (including phenoxy) is 1. The van der Waals surface area contributed by atoms with Crippen LogP contribution >= 0.6 is 24.4 Å². The Balaban J connectivity index is 2.71. The van der Waals surface area contributed by atoms with Gasteiger partial charge in [-0.1, -0.05) is 31.4 Å². The number of rotatable bonds is 2. The van der Waals surface area contributed by atoms with E-state index >= 15 is 0 Å². The smallest absolute Gasteiger partial charge is 0.306 e. The summed E-state index contributed by atoms with van der Waals surface area (Å²) in [5, 5.41) is 2.89. The minimum atomic E-state index is -0.348. The van der Waals surface area contributed by atoms with Crippen molar-refractivity contribution in [2.75, 3.05) is 7.11 Å². The van der Waals surface area contributed by atoms with E-state index in [1.165, 1.54) is 7.11 Å². The van der Waals surface area contributed by atoms with Gasteiger partial charge < -0.3 is 10.1 Å². The van der Waals surface area contributed by atoms with E-state index in [4.69, 9.17) is 24.4 Å². The molecular formula is C8H11NO2S2. The van der Waals surface area contributed by atoms with Gasteiger partial charge >= 0.3 is 5.97 Å². The lowest BCUT2D eigenvalue weighted by Crippen LogP contribution is -2.29.